The summed E-state index contributed by atoms with van der Waals surface area (Å²) in [5.41, 5.74) is 0. The second-order valence-corrected chi connectivity index (χ2v) is 5.45. The molecule has 1 heterocycles. The normalized spacial score (nSPS) is 23.3. The van der Waals surface area contributed by atoms with Gasteiger partial charge in [0.05, 0.1) is 0 Å². The summed E-state index contributed by atoms with van der Waals surface area (Å²) >= 11 is 0. The van der Waals surface area contributed by atoms with Crippen LogP contribution in [0.3, 0.4) is 0 Å². The number of nitrogens with zero attached hydrogens (tertiary/aromatic N) is 1. The second-order valence-electron chi connectivity index (χ2n) is 3.75. The maximum absolute atomic E-state index is 11.8. The third-order valence-electron chi connectivity index (χ3n) is 2.66. The minimum Gasteiger partial charge on any atom is -0.315 e. The van der Waals surface area contributed by atoms with Crippen molar-refractivity contribution in [1.82, 2.24) is 14.3 Å². The Morgan fingerprint density at radius 2 is 2.07 bits per heavy atom. The molecule has 1 atom stereocenters. The second kappa shape index (κ2) is 5.79. The van der Waals surface area contributed by atoms with Crippen molar-refractivity contribution in [3.05, 3.63) is 0 Å². The van der Waals surface area contributed by atoms with Gasteiger partial charge in [-0.15, -0.1) is 0 Å². The van der Waals surface area contributed by atoms with Crippen molar-refractivity contribution < 1.29 is 8.42 Å². The van der Waals surface area contributed by atoms with Crippen LogP contribution >= 0.6 is 0 Å². The van der Waals surface area contributed by atoms with Crippen molar-refractivity contribution in [2.75, 3.05) is 26.2 Å². The first-order valence-corrected chi connectivity index (χ1v) is 7.02. The first-order valence-electron chi connectivity index (χ1n) is 5.58. The lowest BCUT2D eigenvalue weighted by Crippen LogP contribution is -2.50. The van der Waals surface area contributed by atoms with E-state index in [0.29, 0.717) is 13.1 Å². The van der Waals surface area contributed by atoms with Crippen LogP contribution in [0, 0.1) is 0 Å². The van der Waals surface area contributed by atoms with E-state index in [0.717, 1.165) is 25.9 Å². The fourth-order valence-corrected chi connectivity index (χ4v) is 3.25. The van der Waals surface area contributed by atoms with E-state index in [9.17, 15) is 8.42 Å². The van der Waals surface area contributed by atoms with Crippen molar-refractivity contribution in [3.8, 4) is 0 Å². The zero-order chi connectivity index (χ0) is 11.3. The summed E-state index contributed by atoms with van der Waals surface area (Å²) < 4.78 is 27.9. The molecule has 1 aliphatic heterocycles. The van der Waals surface area contributed by atoms with Gasteiger partial charge in [0.25, 0.3) is 10.2 Å². The Morgan fingerprint density at radius 3 is 2.53 bits per heavy atom. The lowest BCUT2D eigenvalue weighted by molar-refractivity contribution is 0.393. The number of hydrogen-bond acceptors (Lipinski definition) is 3. The van der Waals surface area contributed by atoms with Crippen LogP contribution in [0.5, 0.6) is 0 Å². The smallest absolute Gasteiger partial charge is 0.279 e. The molecule has 15 heavy (non-hydrogen) atoms. The van der Waals surface area contributed by atoms with Gasteiger partial charge in [-0.3, -0.25) is 0 Å². The molecular formula is C9H21N3O2S. The molecule has 0 bridgehead atoms. The standard InChI is InChI=1S/C9H21N3O2S/c1-3-12(4-2)15(13,14)11-9-6-5-7-10-8-9/h9-11H,3-8H2,1-2H3. The van der Waals surface area contributed by atoms with Crippen molar-refractivity contribution in [2.24, 2.45) is 0 Å². The Kier molecular flexibility index (Phi) is 4.98. The van der Waals surface area contributed by atoms with Crippen molar-refractivity contribution in [1.29, 1.82) is 0 Å². The lowest BCUT2D eigenvalue weighted by Gasteiger charge is -2.27. The molecule has 0 radical (unpaired) electrons. The highest BCUT2D eigenvalue weighted by Gasteiger charge is 2.23. The van der Waals surface area contributed by atoms with Crippen LogP contribution in [-0.2, 0) is 10.2 Å². The van der Waals surface area contributed by atoms with E-state index in [4.69, 9.17) is 0 Å². The van der Waals surface area contributed by atoms with Crippen molar-refractivity contribution in [3.63, 3.8) is 0 Å². The predicted octanol–water partition coefficient (Wildman–Crippen LogP) is -0.0854. The minimum absolute atomic E-state index is 0.0457. The molecular weight excluding hydrogens is 214 g/mol. The zero-order valence-corrected chi connectivity index (χ0v) is 10.3. The highest BCUT2D eigenvalue weighted by Crippen LogP contribution is 2.05. The van der Waals surface area contributed by atoms with E-state index in [1.54, 1.807) is 0 Å². The Balaban J connectivity index is 2.54. The molecule has 5 nitrogen and oxygen atoms in total. The number of hydrogen-bond donors (Lipinski definition) is 2. The molecule has 0 amide bonds. The van der Waals surface area contributed by atoms with E-state index in [2.05, 4.69) is 10.0 Å². The third-order valence-corrected chi connectivity index (χ3v) is 4.49. The van der Waals surface area contributed by atoms with Gasteiger partial charge in [0.15, 0.2) is 0 Å². The summed E-state index contributed by atoms with van der Waals surface area (Å²) in [6, 6.07) is 0.0457. The fourth-order valence-electron chi connectivity index (χ4n) is 1.80. The predicted molar refractivity (Wildman–Crippen MR) is 60.9 cm³/mol. The summed E-state index contributed by atoms with van der Waals surface area (Å²) in [5, 5.41) is 3.19. The molecule has 1 unspecified atom stereocenters. The Morgan fingerprint density at radius 1 is 1.40 bits per heavy atom. The molecule has 0 spiro atoms. The van der Waals surface area contributed by atoms with E-state index in [-0.39, 0.29) is 6.04 Å². The molecule has 0 aromatic carbocycles. The van der Waals surface area contributed by atoms with Crippen molar-refractivity contribution in [2.45, 2.75) is 32.7 Å². The molecule has 90 valence electrons. The first kappa shape index (κ1) is 12.9. The highest BCUT2D eigenvalue weighted by atomic mass is 32.2. The van der Waals surface area contributed by atoms with Crippen LogP contribution in [-0.4, -0.2) is 44.9 Å². The fraction of sp³-hybridized carbons (Fsp3) is 1.00. The SMILES string of the molecule is CCN(CC)S(=O)(=O)NC1CCCNC1. The zero-order valence-electron chi connectivity index (χ0n) is 9.49. The largest absolute Gasteiger partial charge is 0.315 e. The van der Waals surface area contributed by atoms with Gasteiger partial charge in [-0.1, -0.05) is 13.8 Å². The van der Waals surface area contributed by atoms with Gasteiger partial charge in [-0.25, -0.2) is 0 Å². The maximum Gasteiger partial charge on any atom is 0.279 e. The van der Waals surface area contributed by atoms with Gasteiger partial charge in [-0.05, 0) is 19.4 Å². The van der Waals surface area contributed by atoms with E-state index >= 15 is 0 Å². The summed E-state index contributed by atoms with van der Waals surface area (Å²) in [6.45, 7) is 6.46. The number of piperidine rings is 1. The van der Waals surface area contributed by atoms with Crippen molar-refractivity contribution >= 4 is 10.2 Å². The number of rotatable bonds is 5. The topological polar surface area (TPSA) is 61.4 Å². The van der Waals surface area contributed by atoms with Gasteiger partial charge in [-0.2, -0.15) is 17.4 Å². The van der Waals surface area contributed by atoms with E-state index in [1.807, 2.05) is 13.8 Å². The molecule has 1 saturated heterocycles. The molecule has 0 aromatic rings. The van der Waals surface area contributed by atoms with Gasteiger partial charge in [0, 0.05) is 25.7 Å². The maximum atomic E-state index is 11.8. The average molecular weight is 235 g/mol. The molecule has 1 fully saturated rings. The van der Waals surface area contributed by atoms with Crippen LogP contribution in [0.25, 0.3) is 0 Å². The summed E-state index contributed by atoms with van der Waals surface area (Å²) in [4.78, 5) is 0. The van der Waals surface area contributed by atoms with Crippen LogP contribution in [0.2, 0.25) is 0 Å². The minimum atomic E-state index is -3.28. The van der Waals surface area contributed by atoms with Crippen LogP contribution < -0.4 is 10.0 Å². The van der Waals surface area contributed by atoms with Gasteiger partial charge >= 0.3 is 0 Å². The van der Waals surface area contributed by atoms with Crippen LogP contribution in [0.15, 0.2) is 0 Å². The molecule has 1 rings (SSSR count). The summed E-state index contributed by atoms with van der Waals surface area (Å²) in [5.74, 6) is 0. The van der Waals surface area contributed by atoms with Gasteiger partial charge in [0.1, 0.15) is 0 Å². The average Bonchev–Trinajstić information content (AvgIpc) is 2.19. The molecule has 2 N–H and O–H groups in total. The first-order chi connectivity index (χ1) is 7.10. The van der Waals surface area contributed by atoms with Crippen LogP contribution in [0.1, 0.15) is 26.7 Å². The highest BCUT2D eigenvalue weighted by molar-refractivity contribution is 7.87. The Labute approximate surface area is 92.4 Å². The third kappa shape index (κ3) is 3.71. The Bertz CT molecular complexity index is 269. The van der Waals surface area contributed by atoms with Crippen LogP contribution in [0.4, 0.5) is 0 Å². The molecule has 6 heteroatoms. The molecule has 0 aromatic heterocycles. The van der Waals surface area contributed by atoms with Gasteiger partial charge in [0.2, 0.25) is 0 Å². The molecule has 0 saturated carbocycles. The molecule has 1 aliphatic rings. The Hall–Kier alpha value is -0.170. The summed E-state index contributed by atoms with van der Waals surface area (Å²) in [6.07, 6.45) is 1.96. The lowest BCUT2D eigenvalue weighted by atomic mass is 10.1. The quantitative estimate of drug-likeness (QED) is 0.700. The van der Waals surface area contributed by atoms with E-state index < -0.39 is 10.2 Å². The summed E-state index contributed by atoms with van der Waals surface area (Å²) in [7, 11) is -3.28. The van der Waals surface area contributed by atoms with E-state index in [1.165, 1.54) is 4.31 Å². The van der Waals surface area contributed by atoms with Gasteiger partial charge < -0.3 is 5.32 Å². The monoisotopic (exact) mass is 235 g/mol. The molecule has 0 aliphatic carbocycles. The number of nitrogens with one attached hydrogen (secondary N) is 2.